The first kappa shape index (κ1) is 15.8. The Morgan fingerprint density at radius 3 is 2.48 bits per heavy atom. The van der Waals surface area contributed by atoms with Gasteiger partial charge in [-0.15, -0.1) is 0 Å². The first-order chi connectivity index (χ1) is 10.1. The number of rotatable bonds is 5. The number of methoxy groups -OCH3 is 2. The van der Waals surface area contributed by atoms with Gasteiger partial charge >= 0.3 is 0 Å². The van der Waals surface area contributed by atoms with Crippen molar-refractivity contribution in [2.75, 3.05) is 21.3 Å². The molecule has 0 fully saturated rings. The van der Waals surface area contributed by atoms with Crippen LogP contribution >= 0.6 is 15.9 Å². The Labute approximate surface area is 132 Å². The van der Waals surface area contributed by atoms with Crippen molar-refractivity contribution in [2.45, 2.75) is 6.54 Å². The summed E-state index contributed by atoms with van der Waals surface area (Å²) in [4.78, 5) is 0. The van der Waals surface area contributed by atoms with E-state index in [0.717, 1.165) is 16.7 Å². The molecular weight excluding hydrogens is 337 g/mol. The van der Waals surface area contributed by atoms with Crippen molar-refractivity contribution in [3.05, 3.63) is 46.2 Å². The maximum atomic E-state index is 13.7. The van der Waals surface area contributed by atoms with Crippen molar-refractivity contribution in [1.82, 2.24) is 5.32 Å². The molecule has 0 amide bonds. The zero-order chi connectivity index (χ0) is 15.4. The summed E-state index contributed by atoms with van der Waals surface area (Å²) in [5.41, 5.74) is 2.61. The van der Waals surface area contributed by atoms with E-state index in [0.29, 0.717) is 22.5 Å². The lowest BCUT2D eigenvalue weighted by Gasteiger charge is -2.16. The Morgan fingerprint density at radius 2 is 1.86 bits per heavy atom. The number of halogens is 2. The van der Waals surface area contributed by atoms with Gasteiger partial charge in [0.25, 0.3) is 0 Å². The largest absolute Gasteiger partial charge is 0.495 e. The van der Waals surface area contributed by atoms with E-state index in [1.165, 1.54) is 12.1 Å². The predicted octanol–water partition coefficient (Wildman–Crippen LogP) is 3.99. The lowest BCUT2D eigenvalue weighted by Crippen LogP contribution is -2.07. The molecule has 2 rings (SSSR count). The Morgan fingerprint density at radius 1 is 1.10 bits per heavy atom. The van der Waals surface area contributed by atoms with Gasteiger partial charge in [-0.3, -0.25) is 0 Å². The normalized spacial score (nSPS) is 10.5. The third-order valence-corrected chi connectivity index (χ3v) is 3.97. The second-order valence-corrected chi connectivity index (χ2v) is 5.29. The molecule has 21 heavy (non-hydrogen) atoms. The standard InChI is InChI=1S/C16H17BrFNO2/c1-19-9-10-4-5-11(18)8-13(10)12-6-7-14(20-2)15(17)16(12)21-3/h4-8,19H,9H2,1-3H3. The van der Waals surface area contributed by atoms with E-state index >= 15 is 0 Å². The van der Waals surface area contributed by atoms with Crippen LogP contribution in [-0.2, 0) is 6.54 Å². The van der Waals surface area contributed by atoms with Crippen molar-refractivity contribution >= 4 is 15.9 Å². The average Bonchev–Trinajstić information content (AvgIpc) is 2.49. The summed E-state index contributed by atoms with van der Waals surface area (Å²) in [7, 11) is 5.03. The van der Waals surface area contributed by atoms with Crippen LogP contribution in [0, 0.1) is 5.82 Å². The fourth-order valence-electron chi connectivity index (χ4n) is 2.25. The zero-order valence-corrected chi connectivity index (χ0v) is 13.8. The summed E-state index contributed by atoms with van der Waals surface area (Å²) < 4.78 is 25.1. The Kier molecular flexibility index (Phi) is 5.20. The number of nitrogens with one attached hydrogen (secondary N) is 1. The maximum absolute atomic E-state index is 13.7. The van der Waals surface area contributed by atoms with Gasteiger partial charge in [-0.1, -0.05) is 6.07 Å². The van der Waals surface area contributed by atoms with E-state index in [-0.39, 0.29) is 5.82 Å². The number of benzene rings is 2. The summed E-state index contributed by atoms with van der Waals surface area (Å²) >= 11 is 3.47. The molecular formula is C16H17BrFNO2. The fraction of sp³-hybridized carbons (Fsp3) is 0.250. The van der Waals surface area contributed by atoms with E-state index in [1.807, 2.05) is 19.2 Å². The summed E-state index contributed by atoms with van der Waals surface area (Å²) in [6.07, 6.45) is 0. The highest BCUT2D eigenvalue weighted by atomic mass is 79.9. The highest BCUT2D eigenvalue weighted by Gasteiger charge is 2.16. The fourth-order valence-corrected chi connectivity index (χ4v) is 2.92. The van der Waals surface area contributed by atoms with Gasteiger partial charge in [-0.2, -0.15) is 0 Å². The second kappa shape index (κ2) is 6.91. The minimum Gasteiger partial charge on any atom is -0.495 e. The Bertz CT molecular complexity index is 646. The first-order valence-electron chi connectivity index (χ1n) is 6.46. The SMILES string of the molecule is CNCc1ccc(F)cc1-c1ccc(OC)c(Br)c1OC. The van der Waals surface area contributed by atoms with E-state index in [4.69, 9.17) is 9.47 Å². The molecule has 112 valence electrons. The van der Waals surface area contributed by atoms with Crippen molar-refractivity contribution in [2.24, 2.45) is 0 Å². The maximum Gasteiger partial charge on any atom is 0.144 e. The Balaban J connectivity index is 2.66. The second-order valence-electron chi connectivity index (χ2n) is 4.49. The van der Waals surface area contributed by atoms with Gasteiger partial charge in [0.1, 0.15) is 21.8 Å². The van der Waals surface area contributed by atoms with Crippen LogP contribution in [0.15, 0.2) is 34.8 Å². The molecule has 2 aromatic rings. The minimum atomic E-state index is -0.279. The molecule has 3 nitrogen and oxygen atoms in total. The zero-order valence-electron chi connectivity index (χ0n) is 12.2. The summed E-state index contributed by atoms with van der Waals surface area (Å²) in [5, 5.41) is 3.09. The van der Waals surface area contributed by atoms with E-state index < -0.39 is 0 Å². The molecule has 2 aromatic carbocycles. The summed E-state index contributed by atoms with van der Waals surface area (Å²) in [6, 6.07) is 8.45. The van der Waals surface area contributed by atoms with Crippen molar-refractivity contribution < 1.29 is 13.9 Å². The molecule has 0 spiro atoms. The molecule has 1 N–H and O–H groups in total. The van der Waals surface area contributed by atoms with Crippen LogP contribution in [0.25, 0.3) is 11.1 Å². The molecule has 0 unspecified atom stereocenters. The predicted molar refractivity (Wildman–Crippen MR) is 85.4 cm³/mol. The average molecular weight is 354 g/mol. The lowest BCUT2D eigenvalue weighted by molar-refractivity contribution is 0.390. The summed E-state index contributed by atoms with van der Waals surface area (Å²) in [6.45, 7) is 0.641. The number of hydrogen-bond acceptors (Lipinski definition) is 3. The molecule has 0 aliphatic heterocycles. The first-order valence-corrected chi connectivity index (χ1v) is 7.25. The Hall–Kier alpha value is -1.59. The van der Waals surface area contributed by atoms with Gasteiger partial charge in [0.2, 0.25) is 0 Å². The molecule has 0 aliphatic carbocycles. The van der Waals surface area contributed by atoms with Gasteiger partial charge < -0.3 is 14.8 Å². The highest BCUT2D eigenvalue weighted by Crippen LogP contribution is 2.43. The van der Waals surface area contributed by atoms with Crippen molar-refractivity contribution in [3.63, 3.8) is 0 Å². The number of hydrogen-bond donors (Lipinski definition) is 1. The monoisotopic (exact) mass is 353 g/mol. The van der Waals surface area contributed by atoms with Crippen LogP contribution in [-0.4, -0.2) is 21.3 Å². The quantitative estimate of drug-likeness (QED) is 0.881. The van der Waals surface area contributed by atoms with Gasteiger partial charge in [-0.25, -0.2) is 4.39 Å². The van der Waals surface area contributed by atoms with Crippen LogP contribution < -0.4 is 14.8 Å². The molecule has 0 aromatic heterocycles. The third-order valence-electron chi connectivity index (χ3n) is 3.22. The molecule has 0 bridgehead atoms. The van der Waals surface area contributed by atoms with E-state index in [2.05, 4.69) is 21.2 Å². The van der Waals surface area contributed by atoms with E-state index in [1.54, 1.807) is 20.3 Å². The number of ether oxygens (including phenoxy) is 2. The molecule has 0 saturated carbocycles. The smallest absolute Gasteiger partial charge is 0.144 e. The van der Waals surface area contributed by atoms with Gasteiger partial charge in [0, 0.05) is 12.1 Å². The third kappa shape index (κ3) is 3.19. The molecule has 0 radical (unpaired) electrons. The topological polar surface area (TPSA) is 30.5 Å². The summed E-state index contributed by atoms with van der Waals surface area (Å²) in [5.74, 6) is 1.01. The minimum absolute atomic E-state index is 0.279. The van der Waals surface area contributed by atoms with Gasteiger partial charge in [0.15, 0.2) is 0 Å². The molecule has 0 heterocycles. The molecule has 5 heteroatoms. The van der Waals surface area contributed by atoms with Gasteiger partial charge in [0.05, 0.1) is 14.2 Å². The van der Waals surface area contributed by atoms with Crippen LogP contribution in [0.3, 0.4) is 0 Å². The van der Waals surface area contributed by atoms with Crippen LogP contribution in [0.2, 0.25) is 0 Å². The van der Waals surface area contributed by atoms with Crippen molar-refractivity contribution in [1.29, 1.82) is 0 Å². The highest BCUT2D eigenvalue weighted by molar-refractivity contribution is 9.10. The van der Waals surface area contributed by atoms with E-state index in [9.17, 15) is 4.39 Å². The van der Waals surface area contributed by atoms with Crippen molar-refractivity contribution in [3.8, 4) is 22.6 Å². The van der Waals surface area contributed by atoms with Gasteiger partial charge in [-0.05, 0) is 58.4 Å². The molecule has 0 atom stereocenters. The van der Waals surface area contributed by atoms with Crippen LogP contribution in [0.1, 0.15) is 5.56 Å². The van der Waals surface area contributed by atoms with Crippen LogP contribution in [0.4, 0.5) is 4.39 Å². The molecule has 0 aliphatic rings. The molecule has 0 saturated heterocycles. The van der Waals surface area contributed by atoms with Crippen LogP contribution in [0.5, 0.6) is 11.5 Å². The lowest BCUT2D eigenvalue weighted by atomic mass is 9.98.